The first-order valence-corrected chi connectivity index (χ1v) is 4.62. The van der Waals surface area contributed by atoms with Crippen molar-refractivity contribution in [1.29, 1.82) is 0 Å². The van der Waals surface area contributed by atoms with Crippen molar-refractivity contribution in [3.05, 3.63) is 12.2 Å². The Morgan fingerprint density at radius 3 is 2.47 bits per heavy atom. The van der Waals surface area contributed by atoms with E-state index < -0.39 is 18.0 Å². The smallest absolute Gasteiger partial charge is 0.333 e. The third-order valence-electron chi connectivity index (χ3n) is 1.59. The Morgan fingerprint density at radius 1 is 1.40 bits per heavy atom. The number of aliphatic carboxylic acids is 1. The van der Waals surface area contributed by atoms with Gasteiger partial charge in [-0.25, -0.2) is 9.59 Å². The molecule has 0 radical (unpaired) electrons. The number of carboxylic acids is 1. The second-order valence-electron chi connectivity index (χ2n) is 3.12. The molecule has 0 saturated carbocycles. The van der Waals surface area contributed by atoms with Crippen LogP contribution in [0.25, 0.3) is 0 Å². The first-order chi connectivity index (χ1) is 6.95. The summed E-state index contributed by atoms with van der Waals surface area (Å²) in [7, 11) is 0. The molecule has 0 rings (SSSR count). The Kier molecular flexibility index (Phi) is 6.37. The molecule has 1 unspecified atom stereocenters. The fourth-order valence-electron chi connectivity index (χ4n) is 0.678. The summed E-state index contributed by atoms with van der Waals surface area (Å²) in [6.45, 7) is 6.88. The number of carbonyl (C=O) groups excluding carboxylic acids is 1. The molecule has 1 atom stereocenters. The minimum absolute atomic E-state index is 0.206. The molecule has 0 saturated heterocycles. The number of hydrogen-bond donors (Lipinski definition) is 1. The van der Waals surface area contributed by atoms with Gasteiger partial charge >= 0.3 is 11.9 Å². The molecule has 0 bridgehead atoms. The summed E-state index contributed by atoms with van der Waals surface area (Å²) in [5.74, 6) is -1.45. The highest BCUT2D eigenvalue weighted by Crippen LogP contribution is 1.96. The summed E-state index contributed by atoms with van der Waals surface area (Å²) in [4.78, 5) is 21.2. The standard InChI is InChI=1S/C10H16O5/c1-7(2)10(13)15-6-4-5-14-8(3)9(11)12/h8H,1,4-6H2,2-3H3,(H,11,12). The van der Waals surface area contributed by atoms with Crippen LogP contribution in [-0.2, 0) is 19.1 Å². The lowest BCUT2D eigenvalue weighted by molar-refractivity contribution is -0.150. The SMILES string of the molecule is C=C(C)C(=O)OCCCOC(C)C(=O)O. The van der Waals surface area contributed by atoms with Crippen LogP contribution in [0.2, 0.25) is 0 Å². The first kappa shape index (κ1) is 13.6. The van der Waals surface area contributed by atoms with E-state index in [9.17, 15) is 9.59 Å². The molecule has 15 heavy (non-hydrogen) atoms. The summed E-state index contributed by atoms with van der Waals surface area (Å²) >= 11 is 0. The number of rotatable bonds is 7. The predicted octanol–water partition coefficient (Wildman–Crippen LogP) is 0.986. The van der Waals surface area contributed by atoms with E-state index in [1.165, 1.54) is 6.92 Å². The van der Waals surface area contributed by atoms with Crippen LogP contribution in [0.5, 0.6) is 0 Å². The van der Waals surface area contributed by atoms with E-state index in [2.05, 4.69) is 6.58 Å². The quantitative estimate of drug-likeness (QED) is 0.390. The lowest BCUT2D eigenvalue weighted by Gasteiger charge is -2.08. The van der Waals surface area contributed by atoms with Crippen molar-refractivity contribution < 1.29 is 24.2 Å². The van der Waals surface area contributed by atoms with Crippen molar-refractivity contribution >= 4 is 11.9 Å². The average molecular weight is 216 g/mol. The maximum atomic E-state index is 10.9. The summed E-state index contributed by atoms with van der Waals surface area (Å²) in [5.41, 5.74) is 0.342. The highest BCUT2D eigenvalue weighted by atomic mass is 16.5. The first-order valence-electron chi connectivity index (χ1n) is 4.62. The number of hydrogen-bond acceptors (Lipinski definition) is 4. The van der Waals surface area contributed by atoms with Crippen LogP contribution in [0.1, 0.15) is 20.3 Å². The Labute approximate surface area is 88.7 Å². The molecule has 86 valence electrons. The van der Waals surface area contributed by atoms with Crippen LogP contribution in [0.4, 0.5) is 0 Å². The van der Waals surface area contributed by atoms with Crippen molar-refractivity contribution in [2.75, 3.05) is 13.2 Å². The highest BCUT2D eigenvalue weighted by Gasteiger charge is 2.10. The highest BCUT2D eigenvalue weighted by molar-refractivity contribution is 5.86. The molecule has 1 N–H and O–H groups in total. The predicted molar refractivity (Wildman–Crippen MR) is 53.4 cm³/mol. The molecule has 0 aliphatic heterocycles. The van der Waals surface area contributed by atoms with Crippen LogP contribution in [0, 0.1) is 0 Å². The van der Waals surface area contributed by atoms with Gasteiger partial charge in [0.2, 0.25) is 0 Å². The van der Waals surface area contributed by atoms with Gasteiger partial charge in [0.1, 0.15) is 0 Å². The van der Waals surface area contributed by atoms with Gasteiger partial charge in [-0.15, -0.1) is 0 Å². The maximum Gasteiger partial charge on any atom is 0.333 e. The Hall–Kier alpha value is -1.36. The van der Waals surface area contributed by atoms with E-state index in [4.69, 9.17) is 14.6 Å². The van der Waals surface area contributed by atoms with Crippen LogP contribution in [0.15, 0.2) is 12.2 Å². The van der Waals surface area contributed by atoms with E-state index in [-0.39, 0.29) is 13.2 Å². The minimum Gasteiger partial charge on any atom is -0.479 e. The second kappa shape index (κ2) is 7.00. The van der Waals surface area contributed by atoms with E-state index in [0.717, 1.165) is 0 Å². The van der Waals surface area contributed by atoms with Crippen LogP contribution in [-0.4, -0.2) is 36.4 Å². The van der Waals surface area contributed by atoms with Crippen LogP contribution >= 0.6 is 0 Å². The molecular weight excluding hydrogens is 200 g/mol. The topological polar surface area (TPSA) is 72.8 Å². The molecule has 5 heteroatoms. The third kappa shape index (κ3) is 6.68. The number of carboxylic acid groups (broad SMARTS) is 1. The minimum atomic E-state index is -1.01. The Morgan fingerprint density at radius 2 is 2.00 bits per heavy atom. The normalized spacial score (nSPS) is 11.9. The molecule has 0 aliphatic carbocycles. The van der Waals surface area contributed by atoms with Crippen molar-refractivity contribution in [2.24, 2.45) is 0 Å². The van der Waals surface area contributed by atoms with Gasteiger partial charge in [0.15, 0.2) is 6.10 Å². The third-order valence-corrected chi connectivity index (χ3v) is 1.59. The average Bonchev–Trinajstić information content (AvgIpc) is 2.16. The van der Waals surface area contributed by atoms with Crippen molar-refractivity contribution in [1.82, 2.24) is 0 Å². The van der Waals surface area contributed by atoms with E-state index in [0.29, 0.717) is 12.0 Å². The van der Waals surface area contributed by atoms with Gasteiger partial charge in [-0.2, -0.15) is 0 Å². The largest absolute Gasteiger partial charge is 0.479 e. The van der Waals surface area contributed by atoms with Gasteiger partial charge in [-0.1, -0.05) is 6.58 Å². The van der Waals surface area contributed by atoms with Gasteiger partial charge < -0.3 is 14.6 Å². The Bertz CT molecular complexity index is 246. The van der Waals surface area contributed by atoms with Gasteiger partial charge in [0.05, 0.1) is 13.2 Å². The van der Waals surface area contributed by atoms with Crippen molar-refractivity contribution in [2.45, 2.75) is 26.4 Å². The van der Waals surface area contributed by atoms with Gasteiger partial charge in [0.25, 0.3) is 0 Å². The van der Waals surface area contributed by atoms with Crippen LogP contribution < -0.4 is 0 Å². The molecule has 5 nitrogen and oxygen atoms in total. The summed E-state index contributed by atoms with van der Waals surface area (Å²) in [5, 5.41) is 8.48. The van der Waals surface area contributed by atoms with Crippen molar-refractivity contribution in [3.63, 3.8) is 0 Å². The monoisotopic (exact) mass is 216 g/mol. The zero-order valence-electron chi connectivity index (χ0n) is 8.99. The van der Waals surface area contributed by atoms with E-state index >= 15 is 0 Å². The maximum absolute atomic E-state index is 10.9. The summed E-state index contributed by atoms with van der Waals surface area (Å²) < 4.78 is 9.71. The molecule has 0 spiro atoms. The van der Waals surface area contributed by atoms with Gasteiger partial charge in [0, 0.05) is 12.0 Å². The van der Waals surface area contributed by atoms with Crippen molar-refractivity contribution in [3.8, 4) is 0 Å². The molecule has 0 heterocycles. The number of ether oxygens (including phenoxy) is 2. The number of carbonyl (C=O) groups is 2. The summed E-state index contributed by atoms with van der Waals surface area (Å²) in [6.07, 6.45) is -0.363. The molecule has 0 aromatic heterocycles. The zero-order valence-corrected chi connectivity index (χ0v) is 8.99. The summed E-state index contributed by atoms with van der Waals surface area (Å²) in [6, 6.07) is 0. The van der Waals surface area contributed by atoms with E-state index in [1.807, 2.05) is 0 Å². The van der Waals surface area contributed by atoms with Gasteiger partial charge in [-0.3, -0.25) is 0 Å². The van der Waals surface area contributed by atoms with Gasteiger partial charge in [-0.05, 0) is 13.8 Å². The molecule has 0 amide bonds. The molecule has 0 fully saturated rings. The molecule has 0 aromatic rings. The lowest BCUT2D eigenvalue weighted by Crippen LogP contribution is -2.21. The zero-order chi connectivity index (χ0) is 11.8. The fraction of sp³-hybridized carbons (Fsp3) is 0.600. The Balaban J connectivity index is 3.44. The molecule has 0 aromatic carbocycles. The fourth-order valence-corrected chi connectivity index (χ4v) is 0.678. The van der Waals surface area contributed by atoms with E-state index in [1.54, 1.807) is 6.92 Å². The molecule has 0 aliphatic rings. The molecular formula is C10H16O5. The number of esters is 1. The lowest BCUT2D eigenvalue weighted by atomic mass is 10.3. The van der Waals surface area contributed by atoms with Crippen LogP contribution in [0.3, 0.4) is 0 Å². The second-order valence-corrected chi connectivity index (χ2v) is 3.12.